The van der Waals surface area contributed by atoms with Crippen molar-refractivity contribution in [2.75, 3.05) is 0 Å². The summed E-state index contributed by atoms with van der Waals surface area (Å²) in [6, 6.07) is 18.6. The quantitative estimate of drug-likeness (QED) is 0.609. The van der Waals surface area contributed by atoms with E-state index in [9.17, 15) is 14.4 Å². The van der Waals surface area contributed by atoms with E-state index in [2.05, 4.69) is 25.1 Å². The highest BCUT2D eigenvalue weighted by Crippen LogP contribution is 2.88. The molecule has 3 unspecified atom stereocenters. The number of hydrogen-bond acceptors (Lipinski definition) is 3. The highest BCUT2D eigenvalue weighted by atomic mass is 16.2. The molecule has 2 saturated carbocycles. The molecule has 31 heavy (non-hydrogen) atoms. The Hall–Kier alpha value is -3.41. The molecular formula is C25H21N3O3. The first kappa shape index (κ1) is 17.3. The van der Waals surface area contributed by atoms with Crippen LogP contribution in [0.15, 0.2) is 82.4 Å². The summed E-state index contributed by atoms with van der Waals surface area (Å²) in [6.07, 6.45) is 4.60. The summed E-state index contributed by atoms with van der Waals surface area (Å²) in [6.45, 7) is 2.06. The molecule has 5 aliphatic rings. The van der Waals surface area contributed by atoms with Crippen LogP contribution in [-0.2, 0) is 4.79 Å². The number of nitrogens with zero attached hydrogens (tertiary/aromatic N) is 3. The van der Waals surface area contributed by atoms with E-state index in [-0.39, 0.29) is 46.5 Å². The fraction of sp³-hybridized carbons (Fsp3) is 0.320. The molecule has 6 heteroatoms. The molecule has 154 valence electrons. The van der Waals surface area contributed by atoms with Crippen molar-refractivity contribution in [3.63, 3.8) is 0 Å². The number of para-hydroxylation sites is 1. The second-order valence-corrected chi connectivity index (χ2v) is 9.45. The highest BCUT2D eigenvalue weighted by molar-refractivity contribution is 5.95. The average Bonchev–Trinajstić information content (AvgIpc) is 3.21. The van der Waals surface area contributed by atoms with Crippen LogP contribution in [0.1, 0.15) is 36.9 Å². The van der Waals surface area contributed by atoms with Gasteiger partial charge in [-0.05, 0) is 17.7 Å². The van der Waals surface area contributed by atoms with Gasteiger partial charge in [0.15, 0.2) is 0 Å². The van der Waals surface area contributed by atoms with E-state index in [4.69, 9.17) is 0 Å². The Balaban J connectivity index is 1.49. The lowest BCUT2D eigenvalue weighted by Gasteiger charge is -2.42. The third kappa shape index (κ3) is 1.65. The van der Waals surface area contributed by atoms with Crippen molar-refractivity contribution in [1.29, 1.82) is 0 Å². The van der Waals surface area contributed by atoms with Gasteiger partial charge in [-0.1, -0.05) is 67.6 Å². The largest absolute Gasteiger partial charge is 0.352 e. The lowest BCUT2D eigenvalue weighted by Crippen LogP contribution is -2.46. The van der Waals surface area contributed by atoms with Crippen molar-refractivity contribution >= 4 is 5.78 Å². The van der Waals surface area contributed by atoms with Crippen LogP contribution >= 0.6 is 0 Å². The molecule has 3 aliphatic carbocycles. The Morgan fingerprint density at radius 1 is 0.839 bits per heavy atom. The molecule has 3 aromatic rings. The maximum Gasteiger partial charge on any atom is 0.352 e. The zero-order valence-electron chi connectivity index (χ0n) is 17.0. The highest BCUT2D eigenvalue weighted by Gasteiger charge is 2.89. The Kier molecular flexibility index (Phi) is 2.93. The van der Waals surface area contributed by atoms with Crippen molar-refractivity contribution in [3.8, 4) is 5.69 Å². The van der Waals surface area contributed by atoms with Crippen molar-refractivity contribution < 1.29 is 4.79 Å². The Morgan fingerprint density at radius 2 is 1.48 bits per heavy atom. The Labute approximate surface area is 178 Å². The smallest absolute Gasteiger partial charge is 0.299 e. The van der Waals surface area contributed by atoms with Gasteiger partial charge in [0.1, 0.15) is 5.78 Å². The SMILES string of the molecule is C[C@@]12C(=O)C[C@H](c3ccccc3)C13C1C=CC([C@H]32)n2c(=O)n(-c3ccccc3)c(=O)n21. The van der Waals surface area contributed by atoms with Crippen LogP contribution in [0.4, 0.5) is 0 Å². The molecule has 3 heterocycles. The normalized spacial score (nSPS) is 36.2. The first-order valence-electron chi connectivity index (χ1n) is 10.8. The Morgan fingerprint density at radius 3 is 2.19 bits per heavy atom. The van der Waals surface area contributed by atoms with E-state index in [0.29, 0.717) is 12.1 Å². The Bertz CT molecular complexity index is 1410. The van der Waals surface area contributed by atoms with Crippen molar-refractivity contribution in [2.45, 2.75) is 31.3 Å². The van der Waals surface area contributed by atoms with Gasteiger partial charge in [0, 0.05) is 29.1 Å². The lowest BCUT2D eigenvalue weighted by atomic mass is 9.72. The fourth-order valence-corrected chi connectivity index (χ4v) is 7.46. The molecule has 0 saturated heterocycles. The van der Waals surface area contributed by atoms with Gasteiger partial charge in [-0.25, -0.2) is 23.5 Å². The zero-order valence-corrected chi connectivity index (χ0v) is 17.0. The predicted octanol–water partition coefficient (Wildman–Crippen LogP) is 2.85. The molecule has 8 rings (SSSR count). The number of aromatic nitrogens is 3. The summed E-state index contributed by atoms with van der Waals surface area (Å²) in [5.74, 6) is 0.335. The number of carbonyl (C=O) groups is 1. The minimum absolute atomic E-state index is 0.0326. The van der Waals surface area contributed by atoms with Crippen LogP contribution in [0, 0.1) is 16.7 Å². The number of Topliss-reactive ketones (excluding diaryl/α,β-unsaturated/α-hetero) is 1. The number of allylic oxidation sites excluding steroid dienone is 2. The number of benzene rings is 2. The molecular weight excluding hydrogens is 390 g/mol. The van der Waals surface area contributed by atoms with Gasteiger partial charge < -0.3 is 0 Å². The van der Waals surface area contributed by atoms with E-state index >= 15 is 0 Å². The summed E-state index contributed by atoms with van der Waals surface area (Å²) in [5, 5.41) is 0. The van der Waals surface area contributed by atoms with Gasteiger partial charge in [0.05, 0.1) is 17.8 Å². The number of rotatable bonds is 2. The van der Waals surface area contributed by atoms with Crippen LogP contribution in [-0.4, -0.2) is 19.7 Å². The van der Waals surface area contributed by atoms with Gasteiger partial charge in [0.25, 0.3) is 0 Å². The molecule has 6 nitrogen and oxygen atoms in total. The van der Waals surface area contributed by atoms with E-state index < -0.39 is 5.41 Å². The molecule has 6 atom stereocenters. The first-order chi connectivity index (χ1) is 15.0. The fourth-order valence-electron chi connectivity index (χ4n) is 7.46. The molecule has 0 amide bonds. The molecule has 2 bridgehead atoms. The van der Waals surface area contributed by atoms with E-state index in [1.165, 1.54) is 4.57 Å². The lowest BCUT2D eigenvalue weighted by molar-refractivity contribution is -0.123. The van der Waals surface area contributed by atoms with Crippen LogP contribution in [0.2, 0.25) is 0 Å². The summed E-state index contributed by atoms with van der Waals surface area (Å²) in [5.41, 5.74) is 0.181. The average molecular weight is 411 g/mol. The summed E-state index contributed by atoms with van der Waals surface area (Å²) < 4.78 is 4.51. The molecule has 2 aliphatic heterocycles. The van der Waals surface area contributed by atoms with Crippen LogP contribution in [0.25, 0.3) is 5.69 Å². The van der Waals surface area contributed by atoms with E-state index in [1.807, 2.05) is 42.5 Å². The minimum Gasteiger partial charge on any atom is -0.299 e. The van der Waals surface area contributed by atoms with E-state index in [0.717, 1.165) is 5.56 Å². The predicted molar refractivity (Wildman–Crippen MR) is 114 cm³/mol. The van der Waals surface area contributed by atoms with Gasteiger partial charge in [0.2, 0.25) is 0 Å². The molecule has 0 radical (unpaired) electrons. The van der Waals surface area contributed by atoms with Crippen LogP contribution in [0.5, 0.6) is 0 Å². The van der Waals surface area contributed by atoms with Gasteiger partial charge >= 0.3 is 11.4 Å². The maximum atomic E-state index is 13.6. The topological polar surface area (TPSA) is 66.0 Å². The standard InChI is InChI=1S/C25H21N3O3/c1-24-20(29)14-17(15-8-4-2-5-9-15)25(24)19-13-12-18(21(24)25)27-22(30)26(23(31)28(19)27)16-10-6-3-7-11-16/h2-13,17-19,21H,14H2,1H3/t17-,18?,19?,21+,24+,25?/m1/s1. The molecule has 1 aromatic heterocycles. The minimum atomic E-state index is -0.519. The second-order valence-electron chi connectivity index (χ2n) is 9.45. The zero-order chi connectivity index (χ0) is 21.1. The van der Waals surface area contributed by atoms with Crippen molar-refractivity contribution in [3.05, 3.63) is 99.3 Å². The number of ketones is 1. The number of carbonyl (C=O) groups excluding carboxylic acids is 1. The second kappa shape index (κ2) is 5.25. The van der Waals surface area contributed by atoms with Gasteiger partial charge in [-0.2, -0.15) is 0 Å². The summed E-state index contributed by atoms with van der Waals surface area (Å²) in [7, 11) is 0. The van der Waals surface area contributed by atoms with Gasteiger partial charge in [-0.15, -0.1) is 0 Å². The third-order valence-corrected chi connectivity index (χ3v) is 8.59. The number of hydrogen-bond donors (Lipinski definition) is 0. The summed E-state index contributed by atoms with van der Waals surface area (Å²) >= 11 is 0. The van der Waals surface area contributed by atoms with Crippen molar-refractivity contribution in [1.82, 2.24) is 13.9 Å². The maximum absolute atomic E-state index is 13.6. The summed E-state index contributed by atoms with van der Waals surface area (Å²) in [4.78, 5) is 40.3. The molecule has 1 spiro atoms. The molecule has 2 fully saturated rings. The van der Waals surface area contributed by atoms with Gasteiger partial charge in [-0.3, -0.25) is 4.79 Å². The van der Waals surface area contributed by atoms with E-state index in [1.54, 1.807) is 21.5 Å². The first-order valence-corrected chi connectivity index (χ1v) is 10.8. The third-order valence-electron chi connectivity index (χ3n) is 8.59. The van der Waals surface area contributed by atoms with Crippen molar-refractivity contribution in [2.24, 2.45) is 16.7 Å². The monoisotopic (exact) mass is 411 g/mol. The molecule has 2 aromatic carbocycles. The van der Waals surface area contributed by atoms with Crippen LogP contribution in [0.3, 0.4) is 0 Å². The molecule has 0 N–H and O–H groups in total. The van der Waals surface area contributed by atoms with Crippen LogP contribution < -0.4 is 11.4 Å².